The summed E-state index contributed by atoms with van der Waals surface area (Å²) >= 11 is 0. The van der Waals surface area contributed by atoms with E-state index in [1.54, 1.807) is 0 Å². The Bertz CT molecular complexity index is 801. The first-order chi connectivity index (χ1) is 13.3. The molecule has 0 aliphatic carbocycles. The molecular weight excluding hydrogens is 378 g/mol. The maximum absolute atomic E-state index is 13.3. The predicted octanol–water partition coefficient (Wildman–Crippen LogP) is 1.66. The van der Waals surface area contributed by atoms with Crippen molar-refractivity contribution in [2.45, 2.75) is 51.1 Å². The fraction of sp³-hybridized carbons (Fsp3) is 0.600. The normalized spacial score (nSPS) is 32.0. The topological polar surface area (TPSA) is 83.6 Å². The first kappa shape index (κ1) is 21.0. The second kappa shape index (κ2) is 8.31. The molecule has 3 aliphatic heterocycles. The molecule has 0 bridgehead atoms. The van der Waals surface area contributed by atoms with Gasteiger partial charge >= 0.3 is 21.8 Å². The third-order valence-corrected chi connectivity index (χ3v) is 7.67. The summed E-state index contributed by atoms with van der Waals surface area (Å²) in [6, 6.07) is -0.734. The SMILES string of the molecule is CCC[C@H]1C(=O)[N+](C(=O)CCCN2C=CC=CC=C2)(S(C)(=O)=O)[C@H]2CCN[C@H]12. The van der Waals surface area contributed by atoms with E-state index in [0.717, 1.165) is 12.7 Å². The molecule has 2 saturated heterocycles. The molecule has 2 fully saturated rings. The number of hydrogen-bond donors (Lipinski definition) is 1. The highest BCUT2D eigenvalue weighted by Gasteiger charge is 2.70. The summed E-state index contributed by atoms with van der Waals surface area (Å²) in [6.07, 6.45) is 14.9. The number of carbonyl (C=O) groups is 2. The summed E-state index contributed by atoms with van der Waals surface area (Å²) in [6.45, 7) is 3.20. The number of quaternary nitrogens is 1. The zero-order chi connectivity index (χ0) is 20.4. The molecule has 3 rings (SSSR count). The smallest absolute Gasteiger partial charge is 0.341 e. The van der Waals surface area contributed by atoms with Crippen LogP contribution in [0.25, 0.3) is 0 Å². The molecule has 1 unspecified atom stereocenters. The van der Waals surface area contributed by atoms with Gasteiger partial charge in [-0.15, -0.1) is 0 Å². The van der Waals surface area contributed by atoms with Crippen LogP contribution in [-0.2, 0) is 19.6 Å². The van der Waals surface area contributed by atoms with Crippen molar-refractivity contribution < 1.29 is 21.9 Å². The summed E-state index contributed by atoms with van der Waals surface area (Å²) in [5.41, 5.74) is 0. The van der Waals surface area contributed by atoms with Crippen molar-refractivity contribution in [2.75, 3.05) is 19.3 Å². The molecule has 0 radical (unpaired) electrons. The van der Waals surface area contributed by atoms with Gasteiger partial charge in [0.05, 0.1) is 24.6 Å². The molecule has 154 valence electrons. The lowest BCUT2D eigenvalue weighted by Crippen LogP contribution is -2.62. The van der Waals surface area contributed by atoms with Gasteiger partial charge < -0.3 is 10.2 Å². The molecule has 0 aromatic carbocycles. The molecule has 4 atom stereocenters. The predicted molar refractivity (Wildman–Crippen MR) is 107 cm³/mol. The van der Waals surface area contributed by atoms with Gasteiger partial charge in [0.25, 0.3) is 0 Å². The first-order valence-corrected chi connectivity index (χ1v) is 11.9. The molecule has 0 aromatic heterocycles. The number of sulfonamides is 1. The van der Waals surface area contributed by atoms with Crippen molar-refractivity contribution in [3.63, 3.8) is 0 Å². The van der Waals surface area contributed by atoms with Crippen molar-refractivity contribution in [1.29, 1.82) is 0 Å². The maximum Gasteiger partial charge on any atom is 0.341 e. The Balaban J connectivity index is 1.81. The Labute approximate surface area is 167 Å². The van der Waals surface area contributed by atoms with Crippen LogP contribution in [0.2, 0.25) is 0 Å². The largest absolute Gasteiger partial charge is 0.354 e. The lowest BCUT2D eigenvalue weighted by Gasteiger charge is -2.31. The number of fused-ring (bicyclic) bond motifs is 1. The van der Waals surface area contributed by atoms with E-state index in [1.165, 1.54) is 0 Å². The molecule has 3 aliphatic rings. The third-order valence-electron chi connectivity index (χ3n) is 5.97. The van der Waals surface area contributed by atoms with E-state index in [4.69, 9.17) is 0 Å². The fourth-order valence-corrected chi connectivity index (χ4v) is 6.49. The standard InChI is InChI=1S/C20H30N3O4S/c1-3-9-16-19-17(11-12-21-19)23(20(16)25,28(2,26)27)18(24)10-8-15-22-13-6-4-5-7-14-22/h4-7,13-14,16-17,19,21H,3,8-12,15H2,1-2H3/q+1/t16-,17+,19-,23?/m1/s1. The van der Waals surface area contributed by atoms with Crippen molar-refractivity contribution in [1.82, 2.24) is 10.2 Å². The Morgan fingerprint density at radius 3 is 2.54 bits per heavy atom. The summed E-state index contributed by atoms with van der Waals surface area (Å²) in [5.74, 6) is -1.33. The molecule has 0 spiro atoms. The van der Waals surface area contributed by atoms with E-state index in [1.807, 2.05) is 48.5 Å². The highest BCUT2D eigenvalue weighted by molar-refractivity contribution is 7.85. The van der Waals surface area contributed by atoms with Crippen molar-refractivity contribution in [2.24, 2.45) is 5.92 Å². The van der Waals surface area contributed by atoms with Crippen molar-refractivity contribution >= 4 is 21.8 Å². The van der Waals surface area contributed by atoms with Gasteiger partial charge in [0, 0.05) is 31.9 Å². The molecule has 3 heterocycles. The van der Waals surface area contributed by atoms with Crippen LogP contribution in [0.3, 0.4) is 0 Å². The van der Waals surface area contributed by atoms with Gasteiger partial charge in [-0.25, -0.2) is 9.59 Å². The van der Waals surface area contributed by atoms with Gasteiger partial charge in [0.15, 0.2) is 0 Å². The summed E-state index contributed by atoms with van der Waals surface area (Å²) in [4.78, 5) is 28.6. The average molecular weight is 409 g/mol. The number of nitrogens with zero attached hydrogens (tertiary/aromatic N) is 2. The van der Waals surface area contributed by atoms with Crippen LogP contribution in [0, 0.1) is 5.92 Å². The lowest BCUT2D eigenvalue weighted by molar-refractivity contribution is -0.669. The number of likely N-dealkylation sites (tertiary alicyclic amines) is 1. The molecule has 8 heteroatoms. The van der Waals surface area contributed by atoms with Crippen LogP contribution in [0.5, 0.6) is 0 Å². The Kier molecular flexibility index (Phi) is 6.21. The average Bonchev–Trinajstić information content (AvgIpc) is 3.06. The minimum Gasteiger partial charge on any atom is -0.354 e. The number of amides is 2. The number of allylic oxidation sites excluding steroid dienone is 4. The van der Waals surface area contributed by atoms with Gasteiger partial charge in [-0.05, 0) is 25.0 Å². The number of imide groups is 1. The van der Waals surface area contributed by atoms with Crippen LogP contribution < -0.4 is 5.32 Å². The van der Waals surface area contributed by atoms with E-state index in [9.17, 15) is 18.0 Å². The van der Waals surface area contributed by atoms with Crippen LogP contribution in [0.4, 0.5) is 0 Å². The molecule has 7 nitrogen and oxygen atoms in total. The Morgan fingerprint density at radius 2 is 1.93 bits per heavy atom. The number of carbonyl (C=O) groups excluding carboxylic acids is 2. The van der Waals surface area contributed by atoms with Gasteiger partial charge in [-0.3, -0.25) is 0 Å². The summed E-state index contributed by atoms with van der Waals surface area (Å²) in [7, 11) is -3.93. The van der Waals surface area contributed by atoms with Gasteiger partial charge in [-0.1, -0.05) is 29.4 Å². The van der Waals surface area contributed by atoms with E-state index in [2.05, 4.69) is 5.32 Å². The van der Waals surface area contributed by atoms with E-state index in [-0.39, 0.29) is 12.5 Å². The zero-order valence-corrected chi connectivity index (χ0v) is 17.4. The Hall–Kier alpha value is -1.77. The monoisotopic (exact) mass is 408 g/mol. The number of hydrogen-bond acceptors (Lipinski definition) is 6. The molecule has 28 heavy (non-hydrogen) atoms. The van der Waals surface area contributed by atoms with Gasteiger partial charge in [-0.2, -0.15) is 8.42 Å². The summed E-state index contributed by atoms with van der Waals surface area (Å²) < 4.78 is 24.7. The van der Waals surface area contributed by atoms with Crippen molar-refractivity contribution in [3.8, 4) is 0 Å². The van der Waals surface area contributed by atoms with Gasteiger partial charge in [0.2, 0.25) is 0 Å². The molecular formula is C20H30N3O4S+. The fourth-order valence-electron chi connectivity index (χ4n) is 4.84. The summed E-state index contributed by atoms with van der Waals surface area (Å²) in [5, 5.41) is 3.29. The van der Waals surface area contributed by atoms with Crippen LogP contribution >= 0.6 is 0 Å². The maximum atomic E-state index is 13.3. The van der Waals surface area contributed by atoms with E-state index >= 15 is 0 Å². The van der Waals surface area contributed by atoms with Crippen LogP contribution in [0.1, 0.15) is 39.0 Å². The molecule has 0 saturated carbocycles. The Morgan fingerprint density at radius 1 is 1.25 bits per heavy atom. The second-order valence-electron chi connectivity index (χ2n) is 7.76. The molecule has 0 aromatic rings. The third kappa shape index (κ3) is 3.49. The number of nitrogens with one attached hydrogen (secondary N) is 1. The van der Waals surface area contributed by atoms with E-state index in [0.29, 0.717) is 32.4 Å². The quantitative estimate of drug-likeness (QED) is 0.645. The zero-order valence-electron chi connectivity index (χ0n) is 16.6. The van der Waals surface area contributed by atoms with Crippen LogP contribution in [-0.4, -0.2) is 60.4 Å². The van der Waals surface area contributed by atoms with Crippen LogP contribution in [0.15, 0.2) is 36.7 Å². The lowest BCUT2D eigenvalue weighted by atomic mass is 9.95. The highest BCUT2D eigenvalue weighted by atomic mass is 32.2. The minimum atomic E-state index is -3.93. The molecule has 1 N–H and O–H groups in total. The minimum absolute atomic E-state index is 0.0620. The van der Waals surface area contributed by atoms with Crippen molar-refractivity contribution in [3.05, 3.63) is 36.7 Å². The van der Waals surface area contributed by atoms with E-state index < -0.39 is 37.7 Å². The second-order valence-corrected chi connectivity index (χ2v) is 9.81. The number of rotatable bonds is 7. The van der Waals surface area contributed by atoms with Gasteiger partial charge in [0.1, 0.15) is 6.04 Å². The highest BCUT2D eigenvalue weighted by Crippen LogP contribution is 2.43. The first-order valence-electron chi connectivity index (χ1n) is 10.0. The molecule has 2 amide bonds.